The number of nitrogens with one attached hydrogen (secondary N) is 1. The van der Waals surface area contributed by atoms with E-state index in [1.165, 1.54) is 12.8 Å². The maximum atomic E-state index is 10.2. The third-order valence-electron chi connectivity index (χ3n) is 6.00. The fourth-order valence-corrected chi connectivity index (χ4v) is 4.41. The number of anilines is 1. The summed E-state index contributed by atoms with van der Waals surface area (Å²) in [6.45, 7) is 9.31. The molecule has 2 N–H and O–H groups in total. The zero-order valence-corrected chi connectivity index (χ0v) is 17.8. The summed E-state index contributed by atoms with van der Waals surface area (Å²) in [5.41, 5.74) is 0.908. The SMILES string of the molecule is CCNC(=NCC(c1ccco1)N1CCCC1)N1CCN(c2ccccc2O)CC1. The fraction of sp³-hybridized carbons (Fsp3) is 0.522. The summed E-state index contributed by atoms with van der Waals surface area (Å²) in [6, 6.07) is 11.8. The lowest BCUT2D eigenvalue weighted by Crippen LogP contribution is -2.52. The van der Waals surface area contributed by atoms with Crippen molar-refractivity contribution < 1.29 is 9.52 Å². The first kappa shape index (κ1) is 20.6. The van der Waals surface area contributed by atoms with Crippen molar-refractivity contribution >= 4 is 11.6 Å². The Morgan fingerprint density at radius 3 is 2.50 bits per heavy atom. The number of hydrogen-bond acceptors (Lipinski definition) is 5. The Morgan fingerprint density at radius 2 is 1.83 bits per heavy atom. The molecular formula is C23H33N5O2. The van der Waals surface area contributed by atoms with Crippen LogP contribution in [0.25, 0.3) is 0 Å². The number of rotatable bonds is 6. The Morgan fingerprint density at radius 1 is 1.07 bits per heavy atom. The molecule has 1 atom stereocenters. The van der Waals surface area contributed by atoms with Crippen molar-refractivity contribution in [1.82, 2.24) is 15.1 Å². The molecule has 2 aromatic rings. The molecule has 0 aliphatic carbocycles. The van der Waals surface area contributed by atoms with Gasteiger partial charge in [0.1, 0.15) is 11.5 Å². The number of phenolic OH excluding ortho intramolecular Hbond substituents is 1. The van der Waals surface area contributed by atoms with E-state index < -0.39 is 0 Å². The highest BCUT2D eigenvalue weighted by Crippen LogP contribution is 2.28. The van der Waals surface area contributed by atoms with Crippen molar-refractivity contribution in [2.45, 2.75) is 25.8 Å². The molecule has 2 aliphatic heterocycles. The van der Waals surface area contributed by atoms with Crippen molar-refractivity contribution in [1.29, 1.82) is 0 Å². The Balaban J connectivity index is 1.43. The lowest BCUT2D eigenvalue weighted by Gasteiger charge is -2.38. The molecule has 0 amide bonds. The molecule has 1 unspecified atom stereocenters. The van der Waals surface area contributed by atoms with Crippen molar-refractivity contribution in [3.8, 4) is 5.75 Å². The van der Waals surface area contributed by atoms with E-state index in [1.54, 1.807) is 12.3 Å². The number of phenols is 1. The van der Waals surface area contributed by atoms with E-state index in [0.717, 1.165) is 63.2 Å². The second kappa shape index (κ2) is 9.89. The van der Waals surface area contributed by atoms with Crippen LogP contribution in [0.4, 0.5) is 5.69 Å². The minimum atomic E-state index is 0.193. The van der Waals surface area contributed by atoms with Gasteiger partial charge in [-0.3, -0.25) is 9.89 Å². The van der Waals surface area contributed by atoms with Crippen LogP contribution in [0.5, 0.6) is 5.75 Å². The molecule has 3 heterocycles. The summed E-state index contributed by atoms with van der Waals surface area (Å²) < 4.78 is 5.74. The molecule has 0 bridgehead atoms. The molecule has 4 rings (SSSR count). The average molecular weight is 412 g/mol. The molecule has 2 saturated heterocycles. The molecule has 2 aliphatic rings. The summed E-state index contributed by atoms with van der Waals surface area (Å²) in [4.78, 5) is 12.1. The summed E-state index contributed by atoms with van der Waals surface area (Å²) in [5.74, 6) is 2.31. The second-order valence-electron chi connectivity index (χ2n) is 7.93. The molecule has 0 saturated carbocycles. The summed E-state index contributed by atoms with van der Waals surface area (Å²) in [6.07, 6.45) is 4.25. The highest BCUT2D eigenvalue weighted by Gasteiger charge is 2.26. The molecule has 30 heavy (non-hydrogen) atoms. The standard InChI is InChI=1S/C23H33N5O2/c1-2-24-23(25-18-20(22-10-7-17-30-22)26-11-5-6-12-26)28-15-13-27(14-16-28)19-8-3-4-9-21(19)29/h3-4,7-10,17,20,29H,2,5-6,11-16,18H2,1H3,(H,24,25). The van der Waals surface area contributed by atoms with Crippen molar-refractivity contribution in [3.05, 3.63) is 48.4 Å². The van der Waals surface area contributed by atoms with E-state index in [-0.39, 0.29) is 6.04 Å². The van der Waals surface area contributed by atoms with Crippen LogP contribution in [0.15, 0.2) is 52.1 Å². The molecule has 162 valence electrons. The van der Waals surface area contributed by atoms with Gasteiger partial charge >= 0.3 is 0 Å². The number of likely N-dealkylation sites (tertiary alicyclic amines) is 1. The third-order valence-corrected chi connectivity index (χ3v) is 6.00. The molecule has 1 aromatic heterocycles. The first-order chi connectivity index (χ1) is 14.8. The number of para-hydroxylation sites is 2. The maximum Gasteiger partial charge on any atom is 0.194 e. The smallest absolute Gasteiger partial charge is 0.194 e. The largest absolute Gasteiger partial charge is 0.506 e. The molecule has 0 radical (unpaired) electrons. The Hall–Kier alpha value is -2.67. The summed E-state index contributed by atoms with van der Waals surface area (Å²) >= 11 is 0. The lowest BCUT2D eigenvalue weighted by atomic mass is 10.2. The highest BCUT2D eigenvalue weighted by molar-refractivity contribution is 5.80. The second-order valence-corrected chi connectivity index (χ2v) is 7.93. The van der Waals surface area contributed by atoms with Crippen molar-refractivity contribution in [2.75, 3.05) is 57.3 Å². The predicted octanol–water partition coefficient (Wildman–Crippen LogP) is 2.91. The predicted molar refractivity (Wildman–Crippen MR) is 120 cm³/mol. The van der Waals surface area contributed by atoms with Crippen LogP contribution in [0.1, 0.15) is 31.6 Å². The van der Waals surface area contributed by atoms with Gasteiger partial charge in [-0.15, -0.1) is 0 Å². The molecule has 2 fully saturated rings. The van der Waals surface area contributed by atoms with Gasteiger partial charge in [-0.1, -0.05) is 12.1 Å². The van der Waals surface area contributed by atoms with Crippen LogP contribution >= 0.6 is 0 Å². The maximum absolute atomic E-state index is 10.2. The van der Waals surface area contributed by atoms with Gasteiger partial charge in [0.25, 0.3) is 0 Å². The number of guanidine groups is 1. The van der Waals surface area contributed by atoms with E-state index in [2.05, 4.69) is 33.0 Å². The van der Waals surface area contributed by atoms with Gasteiger partial charge in [0.2, 0.25) is 0 Å². The lowest BCUT2D eigenvalue weighted by molar-refractivity contribution is 0.220. The van der Waals surface area contributed by atoms with Gasteiger partial charge < -0.3 is 24.6 Å². The van der Waals surface area contributed by atoms with E-state index in [9.17, 15) is 5.11 Å². The Labute approximate surface area is 179 Å². The minimum Gasteiger partial charge on any atom is -0.506 e. The first-order valence-corrected chi connectivity index (χ1v) is 11.1. The third kappa shape index (κ3) is 4.73. The Bertz CT molecular complexity index is 809. The molecular weight excluding hydrogens is 378 g/mol. The topological polar surface area (TPSA) is 67.5 Å². The summed E-state index contributed by atoms with van der Waals surface area (Å²) in [7, 11) is 0. The number of aliphatic imine (C=N–C) groups is 1. The van der Waals surface area contributed by atoms with Crippen molar-refractivity contribution in [2.24, 2.45) is 4.99 Å². The van der Waals surface area contributed by atoms with Crippen molar-refractivity contribution in [3.63, 3.8) is 0 Å². The number of benzene rings is 1. The fourth-order valence-electron chi connectivity index (χ4n) is 4.41. The van der Waals surface area contributed by atoms with E-state index >= 15 is 0 Å². The van der Waals surface area contributed by atoms with Crippen LogP contribution in [-0.4, -0.2) is 73.2 Å². The van der Waals surface area contributed by atoms with Crippen LogP contribution in [0.3, 0.4) is 0 Å². The Kier molecular flexibility index (Phi) is 6.79. The van der Waals surface area contributed by atoms with Gasteiger partial charge in [0, 0.05) is 32.7 Å². The van der Waals surface area contributed by atoms with Crippen LogP contribution in [0, 0.1) is 0 Å². The molecule has 7 nitrogen and oxygen atoms in total. The number of nitrogens with zero attached hydrogens (tertiary/aromatic N) is 4. The van der Waals surface area contributed by atoms with Gasteiger partial charge in [-0.25, -0.2) is 0 Å². The minimum absolute atomic E-state index is 0.193. The number of piperazine rings is 1. The molecule has 0 spiro atoms. The number of furan rings is 1. The first-order valence-electron chi connectivity index (χ1n) is 11.1. The monoisotopic (exact) mass is 411 g/mol. The van der Waals surface area contributed by atoms with Gasteiger partial charge in [-0.05, 0) is 57.1 Å². The van der Waals surface area contributed by atoms with E-state index in [1.807, 2.05) is 24.3 Å². The van der Waals surface area contributed by atoms with E-state index in [4.69, 9.17) is 9.41 Å². The highest BCUT2D eigenvalue weighted by atomic mass is 16.3. The zero-order chi connectivity index (χ0) is 20.8. The number of hydrogen-bond donors (Lipinski definition) is 2. The molecule has 7 heteroatoms. The van der Waals surface area contributed by atoms with Gasteiger partial charge in [0.05, 0.1) is 24.5 Å². The molecule has 1 aromatic carbocycles. The van der Waals surface area contributed by atoms with Gasteiger partial charge in [0.15, 0.2) is 5.96 Å². The summed E-state index contributed by atoms with van der Waals surface area (Å²) in [5, 5.41) is 13.6. The zero-order valence-electron chi connectivity index (χ0n) is 17.8. The quantitative estimate of drug-likeness (QED) is 0.563. The van der Waals surface area contributed by atoms with Crippen LogP contribution < -0.4 is 10.2 Å². The van der Waals surface area contributed by atoms with E-state index in [0.29, 0.717) is 12.3 Å². The van der Waals surface area contributed by atoms with Crippen LogP contribution in [0.2, 0.25) is 0 Å². The number of aromatic hydroxyl groups is 1. The average Bonchev–Trinajstić information content (AvgIpc) is 3.49. The van der Waals surface area contributed by atoms with Gasteiger partial charge in [-0.2, -0.15) is 0 Å². The normalized spacial score (nSPS) is 19.3. The van der Waals surface area contributed by atoms with Crippen LogP contribution in [-0.2, 0) is 0 Å².